The van der Waals surface area contributed by atoms with Gasteiger partial charge in [0, 0.05) is 48.0 Å². The molecule has 0 spiro atoms. The summed E-state index contributed by atoms with van der Waals surface area (Å²) in [4.78, 5) is 41.7. The van der Waals surface area contributed by atoms with Crippen LogP contribution in [0.1, 0.15) is 33.7 Å². The topological polar surface area (TPSA) is 109 Å². The van der Waals surface area contributed by atoms with Gasteiger partial charge in [0.2, 0.25) is 5.95 Å². The predicted octanol–water partition coefficient (Wildman–Crippen LogP) is 4.30. The summed E-state index contributed by atoms with van der Waals surface area (Å²) >= 11 is 0. The lowest BCUT2D eigenvalue weighted by Gasteiger charge is -2.05. The zero-order valence-corrected chi connectivity index (χ0v) is 17.3. The highest BCUT2D eigenvalue weighted by Crippen LogP contribution is 2.27. The summed E-state index contributed by atoms with van der Waals surface area (Å²) in [5, 5.41) is 4.60. The van der Waals surface area contributed by atoms with Gasteiger partial charge in [0.1, 0.15) is 17.0 Å². The third-order valence-corrected chi connectivity index (χ3v) is 5.27. The molecule has 0 radical (unpaired) electrons. The molecule has 8 nitrogen and oxygen atoms in total. The van der Waals surface area contributed by atoms with Crippen molar-refractivity contribution in [2.75, 3.05) is 12.4 Å². The molecule has 2 aromatic heterocycles. The number of aromatic amines is 1. The molecule has 0 aliphatic carbocycles. The van der Waals surface area contributed by atoms with Crippen LogP contribution < -0.4 is 10.1 Å². The summed E-state index contributed by atoms with van der Waals surface area (Å²) in [7, 11) is 1.53. The normalized spacial score (nSPS) is 12.8. The average molecular weight is 425 g/mol. The summed E-state index contributed by atoms with van der Waals surface area (Å²) in [6.07, 6.45) is 6.13. The molecule has 0 bridgehead atoms. The second kappa shape index (κ2) is 8.07. The van der Waals surface area contributed by atoms with E-state index >= 15 is 0 Å². The molecule has 0 atom stereocenters. The third-order valence-electron chi connectivity index (χ3n) is 5.27. The molecule has 1 aliphatic heterocycles. The number of imidazole rings is 1. The van der Waals surface area contributed by atoms with Gasteiger partial charge in [0.25, 0.3) is 5.91 Å². The van der Waals surface area contributed by atoms with E-state index in [2.05, 4.69) is 25.3 Å². The number of carbonyl (C=O) groups excluding carboxylic acids is 2. The smallest absolute Gasteiger partial charge is 0.276 e. The molecule has 3 heterocycles. The molecular weight excluding hydrogens is 406 g/mol. The van der Waals surface area contributed by atoms with Crippen molar-refractivity contribution in [3.8, 4) is 5.75 Å². The number of pyridine rings is 1. The Morgan fingerprint density at radius 3 is 2.78 bits per heavy atom. The van der Waals surface area contributed by atoms with E-state index in [1.807, 2.05) is 30.3 Å². The van der Waals surface area contributed by atoms with Crippen molar-refractivity contribution in [3.05, 3.63) is 72.2 Å². The Hall–Kier alpha value is -4.33. The van der Waals surface area contributed by atoms with Gasteiger partial charge in [0.05, 0.1) is 12.6 Å². The van der Waals surface area contributed by atoms with E-state index in [4.69, 9.17) is 4.74 Å². The van der Waals surface area contributed by atoms with E-state index in [1.165, 1.54) is 7.11 Å². The number of aliphatic imine (C=N–C) groups is 1. The van der Waals surface area contributed by atoms with Crippen LogP contribution in [0.3, 0.4) is 0 Å². The quantitative estimate of drug-likeness (QED) is 0.448. The zero-order valence-electron chi connectivity index (χ0n) is 17.3. The van der Waals surface area contributed by atoms with Crippen LogP contribution in [0.25, 0.3) is 21.8 Å². The third kappa shape index (κ3) is 3.74. The maximum absolute atomic E-state index is 12.9. The van der Waals surface area contributed by atoms with E-state index in [1.54, 1.807) is 30.6 Å². The molecule has 32 heavy (non-hydrogen) atoms. The number of aromatic nitrogens is 3. The van der Waals surface area contributed by atoms with Crippen molar-refractivity contribution >= 4 is 45.2 Å². The number of hydrogen-bond donors (Lipinski definition) is 2. The summed E-state index contributed by atoms with van der Waals surface area (Å²) in [6.45, 7) is 0. The number of H-pyrrole nitrogens is 1. The molecule has 8 heteroatoms. The van der Waals surface area contributed by atoms with Crippen molar-refractivity contribution in [2.24, 2.45) is 4.99 Å². The summed E-state index contributed by atoms with van der Waals surface area (Å²) in [5.41, 5.74) is 2.53. The van der Waals surface area contributed by atoms with Gasteiger partial charge in [-0.3, -0.25) is 24.9 Å². The highest BCUT2D eigenvalue weighted by atomic mass is 16.5. The Kier molecular flexibility index (Phi) is 4.95. The number of nitrogens with one attached hydrogen (secondary N) is 2. The molecule has 5 rings (SSSR count). The number of benzene rings is 2. The summed E-state index contributed by atoms with van der Waals surface area (Å²) in [5.74, 6) is 0.227. The number of carbonyl (C=O) groups is 2. The van der Waals surface area contributed by atoms with Crippen LogP contribution in [0.5, 0.6) is 5.75 Å². The zero-order chi connectivity index (χ0) is 22.1. The largest absolute Gasteiger partial charge is 0.497 e. The van der Waals surface area contributed by atoms with Crippen LogP contribution in [-0.2, 0) is 0 Å². The van der Waals surface area contributed by atoms with E-state index in [9.17, 15) is 9.59 Å². The minimum absolute atomic E-state index is 0.114. The minimum Gasteiger partial charge on any atom is -0.497 e. The number of nitrogens with zero attached hydrogens (tertiary/aromatic N) is 3. The fraction of sp³-hybridized carbons (Fsp3) is 0.125. The Morgan fingerprint density at radius 2 is 2.00 bits per heavy atom. The highest BCUT2D eigenvalue weighted by molar-refractivity contribution is 6.16. The number of hydrogen-bond acceptors (Lipinski definition) is 6. The van der Waals surface area contributed by atoms with Gasteiger partial charge < -0.3 is 9.72 Å². The van der Waals surface area contributed by atoms with Crippen LogP contribution >= 0.6 is 0 Å². The average Bonchev–Trinajstić information content (AvgIpc) is 3.47. The van der Waals surface area contributed by atoms with Crippen molar-refractivity contribution in [3.63, 3.8) is 0 Å². The van der Waals surface area contributed by atoms with Crippen molar-refractivity contribution in [2.45, 2.75) is 12.8 Å². The lowest BCUT2D eigenvalue weighted by molar-refractivity contribution is 0.0998. The number of rotatable bonds is 6. The lowest BCUT2D eigenvalue weighted by Crippen LogP contribution is -2.14. The number of amides is 1. The van der Waals surface area contributed by atoms with Gasteiger partial charge >= 0.3 is 0 Å². The molecule has 0 saturated carbocycles. The van der Waals surface area contributed by atoms with Crippen LogP contribution in [-0.4, -0.2) is 39.5 Å². The number of ether oxygens (including phenoxy) is 1. The van der Waals surface area contributed by atoms with Gasteiger partial charge in [-0.05, 0) is 17.5 Å². The molecule has 2 N–H and O–H groups in total. The van der Waals surface area contributed by atoms with E-state index < -0.39 is 5.91 Å². The fourth-order valence-electron chi connectivity index (χ4n) is 3.66. The first-order valence-electron chi connectivity index (χ1n) is 10.1. The first kappa shape index (κ1) is 19.6. The highest BCUT2D eigenvalue weighted by Gasteiger charge is 2.19. The molecule has 158 valence electrons. The lowest BCUT2D eigenvalue weighted by atomic mass is 10.0. The Labute approximate surface area is 183 Å². The monoisotopic (exact) mass is 425 g/mol. The molecule has 0 fully saturated rings. The standard InChI is InChI=1S/C24H19N5O3/c1-32-17-11-18(21(30)10-16-7-4-8-25-16)22-19(12-17)27-24(28-22)29-23(31)20-9-14-5-2-3-6-15(14)13-26-20/h2-6,8-9,11-13H,7,10H2,1H3,(H2,27,28,29,31). The van der Waals surface area contributed by atoms with Crippen molar-refractivity contribution < 1.29 is 14.3 Å². The Bertz CT molecular complexity index is 1430. The predicted molar refractivity (Wildman–Crippen MR) is 122 cm³/mol. The van der Waals surface area contributed by atoms with Gasteiger partial charge in [-0.2, -0.15) is 0 Å². The minimum atomic E-state index is -0.402. The first-order valence-corrected chi connectivity index (χ1v) is 10.1. The molecular formula is C24H19N5O3. The van der Waals surface area contributed by atoms with E-state index in [0.29, 0.717) is 28.8 Å². The maximum atomic E-state index is 12.9. The van der Waals surface area contributed by atoms with Gasteiger partial charge in [-0.15, -0.1) is 0 Å². The van der Waals surface area contributed by atoms with Crippen LogP contribution in [0, 0.1) is 0 Å². The second-order valence-electron chi connectivity index (χ2n) is 7.41. The van der Waals surface area contributed by atoms with E-state index in [0.717, 1.165) is 16.5 Å². The van der Waals surface area contributed by atoms with E-state index in [-0.39, 0.29) is 23.8 Å². The molecule has 1 aliphatic rings. The molecule has 0 saturated heterocycles. The first-order chi connectivity index (χ1) is 15.6. The van der Waals surface area contributed by atoms with Gasteiger partial charge in [-0.1, -0.05) is 30.3 Å². The number of Topliss-reactive ketones (excluding diaryl/α,β-unsaturated/α-hetero) is 1. The maximum Gasteiger partial charge on any atom is 0.276 e. The van der Waals surface area contributed by atoms with Crippen LogP contribution in [0.15, 0.2) is 65.9 Å². The molecule has 2 aromatic carbocycles. The number of methoxy groups -OCH3 is 1. The Morgan fingerprint density at radius 1 is 1.16 bits per heavy atom. The molecule has 0 unspecified atom stereocenters. The number of allylic oxidation sites excluding steroid dienone is 1. The van der Waals surface area contributed by atoms with Crippen LogP contribution in [0.2, 0.25) is 0 Å². The number of fused-ring (bicyclic) bond motifs is 2. The number of ketones is 1. The second-order valence-corrected chi connectivity index (χ2v) is 7.41. The molecule has 4 aromatic rings. The molecule has 1 amide bonds. The van der Waals surface area contributed by atoms with Crippen molar-refractivity contribution in [1.82, 2.24) is 15.0 Å². The Balaban J connectivity index is 1.45. The fourth-order valence-corrected chi connectivity index (χ4v) is 3.66. The number of anilines is 1. The van der Waals surface area contributed by atoms with Crippen molar-refractivity contribution in [1.29, 1.82) is 0 Å². The van der Waals surface area contributed by atoms with Gasteiger partial charge in [-0.25, -0.2) is 4.98 Å². The van der Waals surface area contributed by atoms with Gasteiger partial charge in [0.15, 0.2) is 5.78 Å². The summed E-state index contributed by atoms with van der Waals surface area (Å²) in [6, 6.07) is 12.8. The SMILES string of the molecule is COc1cc(C(=O)CC2=NC=CC2)c2nc(NC(=O)c3cc4ccccc4cn3)[nH]c2c1. The summed E-state index contributed by atoms with van der Waals surface area (Å²) < 4.78 is 5.34. The van der Waals surface area contributed by atoms with Crippen LogP contribution in [0.4, 0.5) is 5.95 Å².